The fourth-order valence-corrected chi connectivity index (χ4v) is 3.95. The minimum Gasteiger partial charge on any atom is -0.456 e. The number of aromatic nitrogens is 2. The number of hydrogen-bond donors (Lipinski definition) is 0. The number of ether oxygens (including phenoxy) is 1. The molecule has 1 aromatic carbocycles. The Bertz CT molecular complexity index is 978. The van der Waals surface area contributed by atoms with Crippen LogP contribution in [0.1, 0.15) is 53.1 Å². The summed E-state index contributed by atoms with van der Waals surface area (Å²) in [6.45, 7) is -0.0930. The Morgan fingerprint density at radius 1 is 1.11 bits per heavy atom. The Kier molecular flexibility index (Phi) is 5.62. The number of fused-ring (bicyclic) bond motifs is 1. The van der Waals surface area contributed by atoms with Gasteiger partial charge in [0.05, 0.1) is 11.3 Å². The molecule has 7 heteroatoms. The molecule has 0 unspecified atom stereocenters. The van der Waals surface area contributed by atoms with E-state index in [0.29, 0.717) is 11.4 Å². The summed E-state index contributed by atoms with van der Waals surface area (Å²) < 4.78 is 10.2. The summed E-state index contributed by atoms with van der Waals surface area (Å²) in [4.78, 5) is 29.4. The minimum absolute atomic E-state index is 0.0296. The zero-order chi connectivity index (χ0) is 19.3. The molecule has 4 rings (SSSR count). The van der Waals surface area contributed by atoms with Crippen molar-refractivity contribution >= 4 is 23.1 Å². The van der Waals surface area contributed by atoms with E-state index in [0.717, 1.165) is 17.7 Å². The molecule has 2 aromatic heterocycles. The zero-order valence-electron chi connectivity index (χ0n) is 15.3. The van der Waals surface area contributed by atoms with Crippen molar-refractivity contribution in [2.24, 2.45) is 0 Å². The maximum absolute atomic E-state index is 12.4. The second kappa shape index (κ2) is 8.48. The first-order chi connectivity index (χ1) is 13.7. The van der Waals surface area contributed by atoms with E-state index >= 15 is 0 Å². The van der Waals surface area contributed by atoms with Crippen LogP contribution >= 0.6 is 11.3 Å². The molecule has 2 heterocycles. The van der Waals surface area contributed by atoms with E-state index < -0.39 is 5.97 Å². The fourth-order valence-electron chi connectivity index (χ4n) is 3.30. The number of Topliss-reactive ketones (excluding diaryl/α,β-unsaturated/α-hetero) is 1. The summed E-state index contributed by atoms with van der Waals surface area (Å²) in [5.41, 5.74) is 3.27. The zero-order valence-corrected chi connectivity index (χ0v) is 16.2. The van der Waals surface area contributed by atoms with E-state index in [9.17, 15) is 9.59 Å². The Hall–Kier alpha value is -2.80. The number of ketones is 1. The van der Waals surface area contributed by atoms with E-state index in [1.165, 1.54) is 35.3 Å². The second-order valence-electron chi connectivity index (χ2n) is 6.76. The van der Waals surface area contributed by atoms with Crippen molar-refractivity contribution in [3.05, 3.63) is 58.3 Å². The molecule has 0 aliphatic heterocycles. The van der Waals surface area contributed by atoms with Crippen molar-refractivity contribution < 1.29 is 18.8 Å². The number of carbonyl (C=O) groups is 2. The number of aryl methyl sites for hydroxylation is 2. The summed E-state index contributed by atoms with van der Waals surface area (Å²) in [7, 11) is 0. The molecule has 0 bridgehead atoms. The molecule has 0 spiro atoms. The molecule has 0 saturated heterocycles. The maximum Gasteiger partial charge on any atom is 0.306 e. The van der Waals surface area contributed by atoms with Gasteiger partial charge in [-0.05, 0) is 54.3 Å². The Morgan fingerprint density at radius 3 is 2.79 bits per heavy atom. The number of nitrogens with zero attached hydrogens (tertiary/aromatic N) is 2. The lowest BCUT2D eigenvalue weighted by molar-refractivity contribution is -0.145. The Labute approximate surface area is 166 Å². The molecule has 1 aliphatic rings. The van der Waals surface area contributed by atoms with Gasteiger partial charge < -0.3 is 9.26 Å². The molecule has 6 nitrogen and oxygen atoms in total. The monoisotopic (exact) mass is 396 g/mol. The minimum atomic E-state index is -0.456. The van der Waals surface area contributed by atoms with Gasteiger partial charge >= 0.3 is 5.97 Å². The van der Waals surface area contributed by atoms with Crippen LogP contribution in [0.5, 0.6) is 0 Å². The SMILES string of the molecule is O=C(CCC(=O)c1ccc2c(c1)CCCC2)OCc1nc(-c2cccs2)no1. The number of hydrogen-bond acceptors (Lipinski definition) is 7. The highest BCUT2D eigenvalue weighted by atomic mass is 32.1. The van der Waals surface area contributed by atoms with Gasteiger partial charge in [-0.1, -0.05) is 23.4 Å². The predicted octanol–water partition coefficient (Wildman–Crippen LogP) is 4.38. The number of benzene rings is 1. The smallest absolute Gasteiger partial charge is 0.306 e. The maximum atomic E-state index is 12.4. The van der Waals surface area contributed by atoms with Crippen LogP contribution in [0.25, 0.3) is 10.7 Å². The third-order valence-corrected chi connectivity index (χ3v) is 5.66. The summed E-state index contributed by atoms with van der Waals surface area (Å²) in [5.74, 6) is 0.215. The molecule has 3 aromatic rings. The highest BCUT2D eigenvalue weighted by Crippen LogP contribution is 2.23. The van der Waals surface area contributed by atoms with Crippen molar-refractivity contribution in [2.45, 2.75) is 45.1 Å². The van der Waals surface area contributed by atoms with Gasteiger partial charge in [-0.3, -0.25) is 9.59 Å². The molecule has 1 aliphatic carbocycles. The quantitative estimate of drug-likeness (QED) is 0.435. The van der Waals surface area contributed by atoms with Crippen LogP contribution < -0.4 is 0 Å². The molecule has 0 atom stereocenters. The molecule has 0 radical (unpaired) electrons. The van der Waals surface area contributed by atoms with Gasteiger partial charge in [-0.25, -0.2) is 0 Å². The van der Waals surface area contributed by atoms with Gasteiger partial charge in [0.1, 0.15) is 0 Å². The van der Waals surface area contributed by atoms with E-state index in [1.807, 2.05) is 35.7 Å². The lowest BCUT2D eigenvalue weighted by atomic mass is 9.89. The standard InChI is InChI=1S/C21H20N2O4S/c24-17(16-8-7-14-4-1-2-5-15(14)12-16)9-10-20(25)26-13-19-22-21(23-27-19)18-6-3-11-28-18/h3,6-8,11-12H,1-2,4-5,9-10,13H2. The van der Waals surface area contributed by atoms with Crippen LogP contribution in [0.3, 0.4) is 0 Å². The van der Waals surface area contributed by atoms with Crippen molar-refractivity contribution in [3.63, 3.8) is 0 Å². The summed E-state index contributed by atoms with van der Waals surface area (Å²) in [6, 6.07) is 9.67. The number of thiophene rings is 1. The van der Waals surface area contributed by atoms with E-state index in [1.54, 1.807) is 0 Å². The fraction of sp³-hybridized carbons (Fsp3) is 0.333. The topological polar surface area (TPSA) is 82.3 Å². The lowest BCUT2D eigenvalue weighted by Crippen LogP contribution is -2.10. The third kappa shape index (κ3) is 4.36. The van der Waals surface area contributed by atoms with Crippen LogP contribution in [0.15, 0.2) is 40.2 Å². The molecule has 0 fully saturated rings. The van der Waals surface area contributed by atoms with Crippen molar-refractivity contribution in [3.8, 4) is 10.7 Å². The first-order valence-corrected chi connectivity index (χ1v) is 10.2. The average Bonchev–Trinajstić information content (AvgIpc) is 3.41. The van der Waals surface area contributed by atoms with Crippen LogP contribution in [-0.2, 0) is 29.0 Å². The lowest BCUT2D eigenvalue weighted by Gasteiger charge is -2.16. The molecule has 0 amide bonds. The summed E-state index contributed by atoms with van der Waals surface area (Å²) in [5, 5.41) is 5.79. The number of esters is 1. The Balaban J connectivity index is 1.26. The summed E-state index contributed by atoms with van der Waals surface area (Å²) >= 11 is 1.50. The van der Waals surface area contributed by atoms with Gasteiger partial charge in [-0.2, -0.15) is 4.98 Å². The van der Waals surface area contributed by atoms with Crippen LogP contribution in [0.2, 0.25) is 0 Å². The molecule has 0 N–H and O–H groups in total. The molecular formula is C21H20N2O4S. The van der Waals surface area contributed by atoms with Gasteiger partial charge in [0, 0.05) is 12.0 Å². The van der Waals surface area contributed by atoms with E-state index in [2.05, 4.69) is 10.1 Å². The van der Waals surface area contributed by atoms with Gasteiger partial charge in [0.25, 0.3) is 5.89 Å². The molecule has 28 heavy (non-hydrogen) atoms. The van der Waals surface area contributed by atoms with Crippen molar-refractivity contribution in [1.29, 1.82) is 0 Å². The van der Waals surface area contributed by atoms with E-state index in [-0.39, 0.29) is 31.1 Å². The molecular weight excluding hydrogens is 376 g/mol. The first kappa shape index (κ1) is 18.6. The van der Waals surface area contributed by atoms with Crippen LogP contribution in [-0.4, -0.2) is 21.9 Å². The largest absolute Gasteiger partial charge is 0.456 e. The van der Waals surface area contributed by atoms with Crippen molar-refractivity contribution in [2.75, 3.05) is 0 Å². The highest BCUT2D eigenvalue weighted by Gasteiger charge is 2.16. The highest BCUT2D eigenvalue weighted by molar-refractivity contribution is 7.13. The molecule has 144 valence electrons. The average molecular weight is 396 g/mol. The predicted molar refractivity (Wildman–Crippen MR) is 104 cm³/mol. The number of carbonyl (C=O) groups excluding carboxylic acids is 2. The van der Waals surface area contributed by atoms with Gasteiger partial charge in [-0.15, -0.1) is 11.3 Å². The first-order valence-electron chi connectivity index (χ1n) is 9.36. The normalized spacial score (nSPS) is 13.1. The van der Waals surface area contributed by atoms with E-state index in [4.69, 9.17) is 9.26 Å². The Morgan fingerprint density at radius 2 is 1.96 bits per heavy atom. The van der Waals surface area contributed by atoms with Crippen molar-refractivity contribution in [1.82, 2.24) is 10.1 Å². The summed E-state index contributed by atoms with van der Waals surface area (Å²) in [6.07, 6.45) is 4.64. The number of rotatable bonds is 7. The van der Waals surface area contributed by atoms with Crippen LogP contribution in [0, 0.1) is 0 Å². The second-order valence-corrected chi connectivity index (χ2v) is 7.71. The molecule has 0 saturated carbocycles. The third-order valence-electron chi connectivity index (χ3n) is 4.79. The van der Waals surface area contributed by atoms with Gasteiger partial charge in [0.2, 0.25) is 5.82 Å². The van der Waals surface area contributed by atoms with Gasteiger partial charge in [0.15, 0.2) is 12.4 Å². The van der Waals surface area contributed by atoms with Crippen LogP contribution in [0.4, 0.5) is 0 Å².